The molecule has 1 heterocycles. The van der Waals surface area contributed by atoms with Gasteiger partial charge < -0.3 is 9.47 Å². The van der Waals surface area contributed by atoms with Gasteiger partial charge in [-0.15, -0.1) is 10.2 Å². The van der Waals surface area contributed by atoms with Crippen LogP contribution in [0.2, 0.25) is 5.02 Å². The third-order valence-electron chi connectivity index (χ3n) is 4.03. The number of rotatable bonds is 6. The molecule has 0 bridgehead atoms. The second-order valence-corrected chi connectivity index (χ2v) is 7.36. The molecule has 0 aliphatic heterocycles. The van der Waals surface area contributed by atoms with Crippen molar-refractivity contribution in [2.75, 3.05) is 12.8 Å². The number of aromatic nitrogens is 3. The summed E-state index contributed by atoms with van der Waals surface area (Å²) >= 11 is 7.54. The van der Waals surface area contributed by atoms with Crippen LogP contribution in [-0.2, 0) is 18.4 Å². The van der Waals surface area contributed by atoms with E-state index in [4.69, 9.17) is 11.6 Å². The Morgan fingerprint density at radius 1 is 1.19 bits per heavy atom. The average molecular weight is 405 g/mol. The van der Waals surface area contributed by atoms with Gasteiger partial charge in [-0.05, 0) is 29.8 Å². The summed E-state index contributed by atoms with van der Waals surface area (Å²) in [7, 11) is 3.56. The molecule has 140 valence electrons. The van der Waals surface area contributed by atoms with E-state index in [1.165, 1.54) is 23.9 Å². The lowest BCUT2D eigenvalue weighted by Gasteiger charge is -2.17. The largest absolute Gasteiger partial charge is 0.341 e. The second kappa shape index (κ2) is 8.54. The van der Waals surface area contributed by atoms with Crippen molar-refractivity contribution in [3.63, 3.8) is 0 Å². The van der Waals surface area contributed by atoms with E-state index >= 15 is 0 Å². The molecule has 0 aliphatic carbocycles. The first-order valence-electron chi connectivity index (χ1n) is 8.21. The predicted molar refractivity (Wildman–Crippen MR) is 105 cm³/mol. The molecule has 0 N–H and O–H groups in total. The van der Waals surface area contributed by atoms with Crippen molar-refractivity contribution in [2.24, 2.45) is 7.05 Å². The summed E-state index contributed by atoms with van der Waals surface area (Å²) in [5.41, 5.74) is 1.66. The van der Waals surface area contributed by atoms with Crippen LogP contribution in [0.1, 0.15) is 5.56 Å². The van der Waals surface area contributed by atoms with E-state index in [2.05, 4.69) is 10.2 Å². The number of carbonyl (C=O) groups excluding carboxylic acids is 1. The van der Waals surface area contributed by atoms with Crippen molar-refractivity contribution in [1.29, 1.82) is 0 Å². The number of thioether (sulfide) groups is 1. The number of benzene rings is 2. The van der Waals surface area contributed by atoms with E-state index in [1.807, 2.05) is 29.8 Å². The molecule has 3 aromatic rings. The van der Waals surface area contributed by atoms with Crippen LogP contribution in [-0.4, -0.2) is 38.4 Å². The first-order chi connectivity index (χ1) is 13.0. The Labute approximate surface area is 166 Å². The fraction of sp³-hybridized carbons (Fsp3) is 0.211. The van der Waals surface area contributed by atoms with Gasteiger partial charge in [0.1, 0.15) is 5.82 Å². The minimum atomic E-state index is -0.292. The fourth-order valence-electron chi connectivity index (χ4n) is 2.51. The van der Waals surface area contributed by atoms with Crippen molar-refractivity contribution in [3.05, 3.63) is 64.9 Å². The second-order valence-electron chi connectivity index (χ2n) is 6.01. The molecule has 5 nitrogen and oxygen atoms in total. The summed E-state index contributed by atoms with van der Waals surface area (Å²) < 4.78 is 14.8. The molecule has 0 radical (unpaired) electrons. The van der Waals surface area contributed by atoms with Gasteiger partial charge in [-0.2, -0.15) is 0 Å². The zero-order valence-corrected chi connectivity index (χ0v) is 16.5. The normalized spacial score (nSPS) is 10.8. The number of nitrogens with zero attached hydrogens (tertiary/aromatic N) is 4. The highest BCUT2D eigenvalue weighted by Crippen LogP contribution is 2.28. The molecule has 8 heteroatoms. The molecule has 0 unspecified atom stereocenters. The first-order valence-corrected chi connectivity index (χ1v) is 9.57. The Hall–Kier alpha value is -2.38. The summed E-state index contributed by atoms with van der Waals surface area (Å²) in [6, 6.07) is 13.5. The summed E-state index contributed by atoms with van der Waals surface area (Å²) in [6.07, 6.45) is 0. The molecule has 0 saturated carbocycles. The van der Waals surface area contributed by atoms with Gasteiger partial charge in [0.25, 0.3) is 0 Å². The third kappa shape index (κ3) is 4.67. The highest BCUT2D eigenvalue weighted by Gasteiger charge is 2.16. The Bertz CT molecular complexity index is 945. The maximum atomic E-state index is 13.0. The van der Waals surface area contributed by atoms with Gasteiger partial charge in [-0.1, -0.05) is 47.6 Å². The van der Waals surface area contributed by atoms with E-state index in [0.717, 1.165) is 11.1 Å². The molecule has 27 heavy (non-hydrogen) atoms. The summed E-state index contributed by atoms with van der Waals surface area (Å²) in [5, 5.41) is 9.59. The van der Waals surface area contributed by atoms with Crippen LogP contribution < -0.4 is 0 Å². The maximum absolute atomic E-state index is 13.0. The van der Waals surface area contributed by atoms with E-state index < -0.39 is 0 Å². The van der Waals surface area contributed by atoms with Crippen molar-refractivity contribution in [3.8, 4) is 11.4 Å². The Balaban J connectivity index is 1.62. The van der Waals surface area contributed by atoms with E-state index in [1.54, 1.807) is 30.1 Å². The van der Waals surface area contributed by atoms with Crippen LogP contribution >= 0.6 is 23.4 Å². The van der Waals surface area contributed by atoms with E-state index in [9.17, 15) is 9.18 Å². The average Bonchev–Trinajstić information content (AvgIpc) is 3.02. The number of amides is 1. The zero-order chi connectivity index (χ0) is 19.4. The van der Waals surface area contributed by atoms with Crippen molar-refractivity contribution < 1.29 is 9.18 Å². The molecule has 3 rings (SSSR count). The van der Waals surface area contributed by atoms with Crippen LogP contribution in [0.5, 0.6) is 0 Å². The van der Waals surface area contributed by atoms with Gasteiger partial charge in [0.05, 0.1) is 10.8 Å². The molecule has 2 aromatic carbocycles. The van der Waals surface area contributed by atoms with Crippen LogP contribution in [0.15, 0.2) is 53.7 Å². The molecule has 0 atom stereocenters. The summed E-state index contributed by atoms with van der Waals surface area (Å²) in [5.74, 6) is 0.536. The van der Waals surface area contributed by atoms with Crippen molar-refractivity contribution >= 4 is 29.3 Å². The molecule has 0 saturated heterocycles. The van der Waals surface area contributed by atoms with E-state index in [-0.39, 0.29) is 17.5 Å². The molecular weight excluding hydrogens is 387 g/mol. The lowest BCUT2D eigenvalue weighted by Crippen LogP contribution is -2.27. The van der Waals surface area contributed by atoms with Gasteiger partial charge in [0, 0.05) is 26.2 Å². The predicted octanol–water partition coefficient (Wildman–Crippen LogP) is 4.03. The number of hydrogen-bond acceptors (Lipinski definition) is 4. The topological polar surface area (TPSA) is 51.0 Å². The smallest absolute Gasteiger partial charge is 0.233 e. The van der Waals surface area contributed by atoms with Gasteiger partial charge in [-0.3, -0.25) is 4.79 Å². The van der Waals surface area contributed by atoms with Crippen LogP contribution in [0.3, 0.4) is 0 Å². The van der Waals surface area contributed by atoms with Gasteiger partial charge in [-0.25, -0.2) is 4.39 Å². The molecule has 1 amide bonds. The van der Waals surface area contributed by atoms with Crippen LogP contribution in [0.4, 0.5) is 4.39 Å². The number of halogens is 2. The summed E-state index contributed by atoms with van der Waals surface area (Å²) in [6.45, 7) is 0.420. The Kier molecular flexibility index (Phi) is 6.13. The molecule has 0 aliphatic rings. The molecule has 1 aromatic heterocycles. The third-order valence-corrected chi connectivity index (χ3v) is 5.37. The van der Waals surface area contributed by atoms with Crippen molar-refractivity contribution in [1.82, 2.24) is 19.7 Å². The number of hydrogen-bond donors (Lipinski definition) is 0. The molecular formula is C19H18ClFN4OS. The van der Waals surface area contributed by atoms with Crippen LogP contribution in [0.25, 0.3) is 11.4 Å². The van der Waals surface area contributed by atoms with Crippen LogP contribution in [0, 0.1) is 5.82 Å². The Morgan fingerprint density at radius 2 is 1.89 bits per heavy atom. The minimum absolute atomic E-state index is 0.0494. The first kappa shape index (κ1) is 19.4. The molecule has 0 spiro atoms. The molecule has 0 fully saturated rings. The lowest BCUT2D eigenvalue weighted by molar-refractivity contribution is -0.127. The lowest BCUT2D eigenvalue weighted by atomic mass is 10.2. The monoisotopic (exact) mass is 404 g/mol. The van der Waals surface area contributed by atoms with Gasteiger partial charge in [0.2, 0.25) is 5.91 Å². The van der Waals surface area contributed by atoms with E-state index in [0.29, 0.717) is 22.5 Å². The quantitative estimate of drug-likeness (QED) is 0.582. The summed E-state index contributed by atoms with van der Waals surface area (Å²) in [4.78, 5) is 14.0. The zero-order valence-electron chi connectivity index (χ0n) is 14.9. The minimum Gasteiger partial charge on any atom is -0.341 e. The van der Waals surface area contributed by atoms with Gasteiger partial charge in [0.15, 0.2) is 11.0 Å². The Morgan fingerprint density at radius 3 is 2.59 bits per heavy atom. The maximum Gasteiger partial charge on any atom is 0.233 e. The fourth-order valence-corrected chi connectivity index (χ4v) is 3.58. The van der Waals surface area contributed by atoms with Gasteiger partial charge >= 0.3 is 0 Å². The number of carbonyl (C=O) groups is 1. The highest BCUT2D eigenvalue weighted by atomic mass is 35.5. The standard InChI is InChI=1S/C19H18ClFN4OS/c1-24(11-13-7-9-14(21)10-8-13)17(26)12-27-19-23-22-18(25(19)2)15-5-3-4-6-16(15)20/h3-10H,11-12H2,1-2H3. The van der Waals surface area contributed by atoms with Crippen molar-refractivity contribution in [2.45, 2.75) is 11.7 Å². The highest BCUT2D eigenvalue weighted by molar-refractivity contribution is 7.99. The SMILES string of the molecule is CN(Cc1ccc(F)cc1)C(=O)CSc1nnc(-c2ccccc2Cl)n1C.